The van der Waals surface area contributed by atoms with Crippen molar-refractivity contribution in [1.82, 2.24) is 10.2 Å². The van der Waals surface area contributed by atoms with Crippen molar-refractivity contribution in [1.29, 1.82) is 0 Å². The van der Waals surface area contributed by atoms with Crippen molar-refractivity contribution < 1.29 is 9.72 Å². The average molecular weight is 348 g/mol. The van der Waals surface area contributed by atoms with Crippen LogP contribution in [0, 0.1) is 10.1 Å². The van der Waals surface area contributed by atoms with E-state index in [1.165, 1.54) is 18.2 Å². The molecule has 1 atom stereocenters. The first-order chi connectivity index (χ1) is 10.0. The highest BCUT2D eigenvalue weighted by Gasteiger charge is 2.28. The molecule has 0 bridgehead atoms. The summed E-state index contributed by atoms with van der Waals surface area (Å²) < 4.78 is 0. The quantitative estimate of drug-likeness (QED) is 0.656. The highest BCUT2D eigenvalue weighted by Crippen LogP contribution is 2.25. The second-order valence-electron chi connectivity index (χ2n) is 5.07. The van der Waals surface area contributed by atoms with Gasteiger partial charge in [-0.15, -0.1) is 12.4 Å². The molecular formula is C14H19Cl2N3O3. The number of carbonyl (C=O) groups is 1. The Balaban J connectivity index is 0.00000242. The van der Waals surface area contributed by atoms with Crippen LogP contribution in [0.3, 0.4) is 0 Å². The summed E-state index contributed by atoms with van der Waals surface area (Å²) in [6, 6.07) is 4.14. The zero-order chi connectivity index (χ0) is 15.4. The lowest BCUT2D eigenvalue weighted by Gasteiger charge is -2.28. The molecule has 22 heavy (non-hydrogen) atoms. The fourth-order valence-corrected chi connectivity index (χ4v) is 2.80. The summed E-state index contributed by atoms with van der Waals surface area (Å²) in [6.45, 7) is 4.33. The van der Waals surface area contributed by atoms with E-state index in [0.29, 0.717) is 12.1 Å². The van der Waals surface area contributed by atoms with Crippen molar-refractivity contribution in [3.05, 3.63) is 38.9 Å². The topological polar surface area (TPSA) is 75.5 Å². The van der Waals surface area contributed by atoms with Gasteiger partial charge in [0, 0.05) is 31.3 Å². The smallest absolute Gasteiger partial charge is 0.270 e. The Bertz CT molecular complexity index is 548. The van der Waals surface area contributed by atoms with Gasteiger partial charge in [0.05, 0.1) is 15.5 Å². The van der Waals surface area contributed by atoms with Gasteiger partial charge < -0.3 is 10.2 Å². The van der Waals surface area contributed by atoms with Gasteiger partial charge in [-0.3, -0.25) is 14.9 Å². The minimum atomic E-state index is -0.523. The van der Waals surface area contributed by atoms with Crippen molar-refractivity contribution in [2.45, 2.75) is 25.8 Å². The van der Waals surface area contributed by atoms with Gasteiger partial charge in [0.2, 0.25) is 0 Å². The van der Waals surface area contributed by atoms with E-state index in [1.807, 2.05) is 11.8 Å². The zero-order valence-corrected chi connectivity index (χ0v) is 13.8. The van der Waals surface area contributed by atoms with Crippen LogP contribution in [-0.2, 0) is 0 Å². The van der Waals surface area contributed by atoms with Crippen molar-refractivity contribution in [3.63, 3.8) is 0 Å². The number of halogens is 2. The maximum Gasteiger partial charge on any atom is 0.270 e. The largest absolute Gasteiger partial charge is 0.334 e. The Labute approximate surface area is 140 Å². The highest BCUT2D eigenvalue weighted by atomic mass is 35.5. The summed E-state index contributed by atoms with van der Waals surface area (Å²) >= 11 is 6.05. The first-order valence-corrected chi connectivity index (χ1v) is 7.38. The molecule has 0 aliphatic carbocycles. The Morgan fingerprint density at radius 1 is 1.55 bits per heavy atom. The molecule has 1 amide bonds. The van der Waals surface area contributed by atoms with E-state index in [9.17, 15) is 14.9 Å². The molecule has 1 unspecified atom stereocenters. The number of nitro groups is 1. The summed E-state index contributed by atoms with van der Waals surface area (Å²) in [6.07, 6.45) is 1.77. The predicted octanol–water partition coefficient (Wildman–Crippen LogP) is 2.88. The van der Waals surface area contributed by atoms with E-state index < -0.39 is 4.92 Å². The molecule has 1 aliphatic rings. The van der Waals surface area contributed by atoms with Crippen LogP contribution >= 0.6 is 24.0 Å². The lowest BCUT2D eigenvalue weighted by atomic mass is 10.1. The number of nitro benzene ring substituents is 1. The van der Waals surface area contributed by atoms with Crippen LogP contribution in [0.15, 0.2) is 18.2 Å². The summed E-state index contributed by atoms with van der Waals surface area (Å²) in [7, 11) is 0. The molecule has 2 rings (SSSR count). The summed E-state index contributed by atoms with van der Waals surface area (Å²) in [5.74, 6) is -0.162. The average Bonchev–Trinajstić information content (AvgIpc) is 2.97. The molecule has 0 spiro atoms. The van der Waals surface area contributed by atoms with Gasteiger partial charge in [-0.05, 0) is 25.5 Å². The molecule has 0 saturated carbocycles. The van der Waals surface area contributed by atoms with Crippen molar-refractivity contribution in [2.75, 3.05) is 19.6 Å². The van der Waals surface area contributed by atoms with Gasteiger partial charge in [0.15, 0.2) is 0 Å². The minimum absolute atomic E-state index is 0. The van der Waals surface area contributed by atoms with Gasteiger partial charge in [0.25, 0.3) is 11.6 Å². The number of hydrogen-bond acceptors (Lipinski definition) is 4. The SMILES string of the molecule is CCCN(C(=O)c1ccc([N+](=O)[O-])cc1Cl)C1CCNC1.Cl. The van der Waals surface area contributed by atoms with Crippen LogP contribution < -0.4 is 5.32 Å². The molecule has 1 heterocycles. The van der Waals surface area contributed by atoms with E-state index in [-0.39, 0.29) is 35.1 Å². The van der Waals surface area contributed by atoms with Crippen LogP contribution in [0.1, 0.15) is 30.1 Å². The second kappa shape index (κ2) is 8.31. The van der Waals surface area contributed by atoms with Gasteiger partial charge in [-0.1, -0.05) is 18.5 Å². The third-order valence-corrected chi connectivity index (χ3v) is 3.91. The van der Waals surface area contributed by atoms with Crippen LogP contribution in [0.25, 0.3) is 0 Å². The van der Waals surface area contributed by atoms with E-state index in [1.54, 1.807) is 0 Å². The number of amides is 1. The number of nitrogens with zero attached hydrogens (tertiary/aromatic N) is 2. The first-order valence-electron chi connectivity index (χ1n) is 7.00. The number of rotatable bonds is 5. The molecule has 122 valence electrons. The lowest BCUT2D eigenvalue weighted by Crippen LogP contribution is -2.42. The minimum Gasteiger partial charge on any atom is -0.334 e. The van der Waals surface area contributed by atoms with Crippen molar-refractivity contribution in [2.24, 2.45) is 0 Å². The standard InChI is InChI=1S/C14H18ClN3O3.ClH/c1-2-7-17(11-5-6-16-9-11)14(19)12-4-3-10(18(20)21)8-13(12)15;/h3-4,8,11,16H,2,5-7,9H2,1H3;1H. The second-order valence-corrected chi connectivity index (χ2v) is 5.47. The Morgan fingerprint density at radius 3 is 2.77 bits per heavy atom. The van der Waals surface area contributed by atoms with Crippen LogP contribution in [0.5, 0.6) is 0 Å². The summed E-state index contributed by atoms with van der Waals surface area (Å²) in [4.78, 5) is 24.7. The molecule has 1 fully saturated rings. The lowest BCUT2D eigenvalue weighted by molar-refractivity contribution is -0.384. The van der Waals surface area contributed by atoms with E-state index in [4.69, 9.17) is 11.6 Å². The number of carbonyl (C=O) groups excluding carboxylic acids is 1. The predicted molar refractivity (Wildman–Crippen MR) is 88.0 cm³/mol. The number of non-ortho nitro benzene ring substituents is 1. The molecule has 1 saturated heterocycles. The Kier molecular flexibility index (Phi) is 7.06. The molecule has 1 N–H and O–H groups in total. The van der Waals surface area contributed by atoms with Crippen LogP contribution in [0.4, 0.5) is 5.69 Å². The molecule has 1 aromatic rings. The third kappa shape index (κ3) is 4.09. The van der Waals surface area contributed by atoms with Gasteiger partial charge in [0.1, 0.15) is 0 Å². The first kappa shape index (κ1) is 18.7. The Morgan fingerprint density at radius 2 is 2.27 bits per heavy atom. The Hall–Kier alpha value is -1.37. The molecule has 8 heteroatoms. The zero-order valence-electron chi connectivity index (χ0n) is 12.3. The number of nitrogens with one attached hydrogen (secondary N) is 1. The number of hydrogen-bond donors (Lipinski definition) is 1. The maximum atomic E-state index is 12.7. The van der Waals surface area contributed by atoms with Gasteiger partial charge in [-0.25, -0.2) is 0 Å². The molecule has 1 aliphatic heterocycles. The van der Waals surface area contributed by atoms with Crippen molar-refractivity contribution in [3.8, 4) is 0 Å². The van der Waals surface area contributed by atoms with Gasteiger partial charge >= 0.3 is 0 Å². The fourth-order valence-electron chi connectivity index (χ4n) is 2.54. The fraction of sp³-hybridized carbons (Fsp3) is 0.500. The molecular weight excluding hydrogens is 329 g/mol. The van der Waals surface area contributed by atoms with Crippen molar-refractivity contribution >= 4 is 35.6 Å². The normalized spacial score (nSPS) is 16.9. The maximum absolute atomic E-state index is 12.7. The highest BCUT2D eigenvalue weighted by molar-refractivity contribution is 6.34. The third-order valence-electron chi connectivity index (χ3n) is 3.59. The van der Waals surface area contributed by atoms with E-state index in [2.05, 4.69) is 5.32 Å². The number of benzene rings is 1. The van der Waals surface area contributed by atoms with Crippen LogP contribution in [0.2, 0.25) is 5.02 Å². The molecule has 6 nitrogen and oxygen atoms in total. The summed E-state index contributed by atoms with van der Waals surface area (Å²) in [5.41, 5.74) is 0.212. The van der Waals surface area contributed by atoms with E-state index in [0.717, 1.165) is 25.9 Å². The molecule has 1 aromatic carbocycles. The molecule has 0 aromatic heterocycles. The monoisotopic (exact) mass is 347 g/mol. The summed E-state index contributed by atoms with van der Waals surface area (Å²) in [5, 5.41) is 14.1. The molecule has 0 radical (unpaired) electrons. The van der Waals surface area contributed by atoms with Gasteiger partial charge in [-0.2, -0.15) is 0 Å². The van der Waals surface area contributed by atoms with E-state index >= 15 is 0 Å². The van der Waals surface area contributed by atoms with Crippen LogP contribution in [-0.4, -0.2) is 41.4 Å².